The van der Waals surface area contributed by atoms with Crippen LogP contribution in [0.3, 0.4) is 0 Å². The first-order valence-electron chi connectivity index (χ1n) is 5.20. The monoisotopic (exact) mass is 209 g/mol. The molecule has 0 aliphatic carbocycles. The molecule has 0 spiro atoms. The highest BCUT2D eigenvalue weighted by atomic mass is 16.3. The fourth-order valence-corrected chi connectivity index (χ4v) is 1.26. The lowest BCUT2D eigenvalue weighted by molar-refractivity contribution is 0.234. The molecule has 0 amide bonds. The summed E-state index contributed by atoms with van der Waals surface area (Å²) < 4.78 is 5.16. The molecular formula is C12H19NO2. The Labute approximate surface area is 90.8 Å². The highest BCUT2D eigenvalue weighted by Gasteiger charge is 2.14. The zero-order valence-electron chi connectivity index (χ0n) is 9.36. The number of nitrogens with one attached hydrogen (secondary N) is 1. The number of hydrogen-bond donors (Lipinski definition) is 2. The molecule has 15 heavy (non-hydrogen) atoms. The summed E-state index contributed by atoms with van der Waals surface area (Å²) in [5.41, 5.74) is -0.0255. The predicted octanol–water partition coefficient (Wildman–Crippen LogP) is 2.04. The van der Waals surface area contributed by atoms with Crippen LogP contribution in [0.2, 0.25) is 0 Å². The molecule has 1 heterocycles. The molecule has 0 atom stereocenters. The van der Waals surface area contributed by atoms with Crippen molar-refractivity contribution in [2.24, 2.45) is 0 Å². The molecule has 0 bridgehead atoms. The molecule has 1 rings (SSSR count). The first kappa shape index (κ1) is 12.0. The van der Waals surface area contributed by atoms with E-state index in [1.54, 1.807) is 6.26 Å². The molecule has 1 aromatic rings. The molecule has 2 N–H and O–H groups in total. The van der Waals surface area contributed by atoms with E-state index in [4.69, 9.17) is 9.52 Å². The largest absolute Gasteiger partial charge is 0.465 e. The third kappa shape index (κ3) is 4.81. The molecule has 0 saturated carbocycles. The van der Waals surface area contributed by atoms with Gasteiger partial charge in [0.25, 0.3) is 0 Å². The molecular weight excluding hydrogens is 190 g/mol. The minimum Gasteiger partial charge on any atom is -0.465 e. The Balaban J connectivity index is 2.26. The van der Waals surface area contributed by atoms with Crippen molar-refractivity contribution in [3.05, 3.63) is 30.2 Å². The summed E-state index contributed by atoms with van der Waals surface area (Å²) in [4.78, 5) is 0. The van der Waals surface area contributed by atoms with E-state index < -0.39 is 0 Å². The smallest absolute Gasteiger partial charge is 0.126 e. The summed E-state index contributed by atoms with van der Waals surface area (Å²) in [6.45, 7) is 5.13. The quantitative estimate of drug-likeness (QED) is 0.753. The van der Waals surface area contributed by atoms with Crippen molar-refractivity contribution in [1.82, 2.24) is 5.32 Å². The van der Waals surface area contributed by atoms with Crippen molar-refractivity contribution in [3.8, 4) is 0 Å². The predicted molar refractivity (Wildman–Crippen MR) is 61.5 cm³/mol. The minimum absolute atomic E-state index is 0.0255. The van der Waals surface area contributed by atoms with Gasteiger partial charge in [0.05, 0.1) is 6.26 Å². The molecule has 0 radical (unpaired) electrons. The van der Waals surface area contributed by atoms with Gasteiger partial charge < -0.3 is 14.8 Å². The maximum Gasteiger partial charge on any atom is 0.126 e. The number of rotatable bonds is 6. The first-order chi connectivity index (χ1) is 7.14. The summed E-state index contributed by atoms with van der Waals surface area (Å²) in [5, 5.41) is 12.2. The second-order valence-corrected chi connectivity index (χ2v) is 4.16. The van der Waals surface area contributed by atoms with Gasteiger partial charge in [-0.05, 0) is 38.5 Å². The number of aliphatic hydroxyl groups is 1. The molecule has 0 unspecified atom stereocenters. The lowest BCUT2D eigenvalue weighted by atomic mass is 10.0. The number of hydrogen-bond acceptors (Lipinski definition) is 3. The van der Waals surface area contributed by atoms with Gasteiger partial charge in [0, 0.05) is 18.7 Å². The molecule has 0 aromatic carbocycles. The van der Waals surface area contributed by atoms with E-state index in [0.29, 0.717) is 0 Å². The molecule has 0 saturated heterocycles. The van der Waals surface area contributed by atoms with E-state index in [-0.39, 0.29) is 12.1 Å². The minimum atomic E-state index is -0.0255. The lowest BCUT2D eigenvalue weighted by Gasteiger charge is -2.24. The van der Waals surface area contributed by atoms with Crippen LogP contribution in [0.5, 0.6) is 0 Å². The summed E-state index contributed by atoms with van der Waals surface area (Å²) in [6.07, 6.45) is 6.35. The zero-order chi connectivity index (χ0) is 11.1. The average molecular weight is 209 g/mol. The third-order valence-electron chi connectivity index (χ3n) is 2.26. The second kappa shape index (κ2) is 5.73. The summed E-state index contributed by atoms with van der Waals surface area (Å²) >= 11 is 0. The Morgan fingerprint density at radius 3 is 2.93 bits per heavy atom. The highest BCUT2D eigenvalue weighted by Crippen LogP contribution is 2.07. The topological polar surface area (TPSA) is 45.4 Å². The van der Waals surface area contributed by atoms with Gasteiger partial charge in [-0.15, -0.1) is 0 Å². The maximum atomic E-state index is 8.84. The lowest BCUT2D eigenvalue weighted by Crippen LogP contribution is -2.40. The van der Waals surface area contributed by atoms with Crippen molar-refractivity contribution < 1.29 is 9.52 Å². The first-order valence-corrected chi connectivity index (χ1v) is 5.20. The van der Waals surface area contributed by atoms with Crippen LogP contribution in [0, 0.1) is 0 Å². The van der Waals surface area contributed by atoms with Crippen LogP contribution in [0.1, 0.15) is 26.0 Å². The van der Waals surface area contributed by atoms with Crippen LogP contribution in [-0.4, -0.2) is 23.8 Å². The normalized spacial score (nSPS) is 12.5. The fourth-order valence-electron chi connectivity index (χ4n) is 1.26. The van der Waals surface area contributed by atoms with E-state index in [2.05, 4.69) is 19.2 Å². The Hall–Kier alpha value is -1.06. The molecule has 3 nitrogen and oxygen atoms in total. The summed E-state index contributed by atoms with van der Waals surface area (Å²) in [5.74, 6) is 0.858. The Morgan fingerprint density at radius 2 is 2.33 bits per heavy atom. The van der Waals surface area contributed by atoms with E-state index >= 15 is 0 Å². The number of aliphatic hydroxyl groups excluding tert-OH is 1. The molecule has 3 heteroatoms. The Kier molecular flexibility index (Phi) is 4.59. The standard InChI is InChI=1S/C12H19NO2/c1-12(2,7-9-14)13-8-3-5-11-6-4-10-15-11/h3-6,10,13-14H,7-9H2,1-2H3/b5-3+. The Bertz CT molecular complexity index is 289. The zero-order valence-corrected chi connectivity index (χ0v) is 9.36. The van der Waals surface area contributed by atoms with Crippen LogP contribution >= 0.6 is 0 Å². The van der Waals surface area contributed by atoms with Crippen LogP contribution in [0.25, 0.3) is 6.08 Å². The van der Waals surface area contributed by atoms with Gasteiger partial charge in [-0.3, -0.25) is 0 Å². The van der Waals surface area contributed by atoms with Crippen LogP contribution in [-0.2, 0) is 0 Å². The van der Waals surface area contributed by atoms with Crippen molar-refractivity contribution in [1.29, 1.82) is 0 Å². The maximum absolute atomic E-state index is 8.84. The van der Waals surface area contributed by atoms with Gasteiger partial charge in [-0.25, -0.2) is 0 Å². The molecule has 84 valence electrons. The molecule has 0 fully saturated rings. The second-order valence-electron chi connectivity index (χ2n) is 4.16. The van der Waals surface area contributed by atoms with E-state index in [0.717, 1.165) is 18.7 Å². The van der Waals surface area contributed by atoms with Crippen molar-refractivity contribution in [2.45, 2.75) is 25.8 Å². The molecule has 1 aromatic heterocycles. The van der Waals surface area contributed by atoms with Crippen LogP contribution in [0.15, 0.2) is 28.9 Å². The van der Waals surface area contributed by atoms with Gasteiger partial charge in [0.1, 0.15) is 5.76 Å². The van der Waals surface area contributed by atoms with Crippen molar-refractivity contribution in [2.75, 3.05) is 13.2 Å². The average Bonchev–Trinajstić information content (AvgIpc) is 2.65. The summed E-state index contributed by atoms with van der Waals surface area (Å²) in [7, 11) is 0. The number of furan rings is 1. The van der Waals surface area contributed by atoms with Crippen molar-refractivity contribution in [3.63, 3.8) is 0 Å². The van der Waals surface area contributed by atoms with Crippen LogP contribution in [0.4, 0.5) is 0 Å². The van der Waals surface area contributed by atoms with Gasteiger partial charge in [0.15, 0.2) is 0 Å². The van der Waals surface area contributed by atoms with E-state index in [9.17, 15) is 0 Å². The van der Waals surface area contributed by atoms with Gasteiger partial charge in [-0.1, -0.05) is 6.08 Å². The van der Waals surface area contributed by atoms with Gasteiger partial charge >= 0.3 is 0 Å². The van der Waals surface area contributed by atoms with Gasteiger partial charge in [-0.2, -0.15) is 0 Å². The van der Waals surface area contributed by atoms with Gasteiger partial charge in [0.2, 0.25) is 0 Å². The fraction of sp³-hybridized carbons (Fsp3) is 0.500. The highest BCUT2D eigenvalue weighted by molar-refractivity contribution is 5.42. The molecule has 0 aliphatic heterocycles. The third-order valence-corrected chi connectivity index (χ3v) is 2.26. The van der Waals surface area contributed by atoms with Crippen LogP contribution < -0.4 is 5.32 Å². The van der Waals surface area contributed by atoms with E-state index in [1.807, 2.05) is 24.3 Å². The SMILES string of the molecule is CC(C)(CCO)NC/C=C/c1ccco1. The summed E-state index contributed by atoms with van der Waals surface area (Å²) in [6, 6.07) is 3.78. The van der Waals surface area contributed by atoms with Crippen molar-refractivity contribution >= 4 is 6.08 Å². The Morgan fingerprint density at radius 1 is 1.53 bits per heavy atom. The van der Waals surface area contributed by atoms with E-state index in [1.165, 1.54) is 0 Å². The molecule has 0 aliphatic rings.